The molecular formula is C24H24F2N4O2S. The van der Waals surface area contributed by atoms with Gasteiger partial charge in [0.1, 0.15) is 24.0 Å². The molecule has 1 atom stereocenters. The molecule has 1 N–H and O–H groups in total. The predicted molar refractivity (Wildman–Crippen MR) is 125 cm³/mol. The highest BCUT2D eigenvalue weighted by Crippen LogP contribution is 2.48. The summed E-state index contributed by atoms with van der Waals surface area (Å²) in [5, 5.41) is 6.85. The number of anilines is 1. The number of thioether (sulfide) groups is 1. The number of fused-ring (bicyclic) bond motifs is 1. The van der Waals surface area contributed by atoms with Gasteiger partial charge in [-0.05, 0) is 12.5 Å². The number of nitrogens with zero attached hydrogens (tertiary/aromatic N) is 3. The summed E-state index contributed by atoms with van der Waals surface area (Å²) in [6.07, 6.45) is 0.774. The first kappa shape index (κ1) is 23.0. The summed E-state index contributed by atoms with van der Waals surface area (Å²) in [5.74, 6) is -1.46. The van der Waals surface area contributed by atoms with Crippen molar-refractivity contribution in [2.24, 2.45) is 7.05 Å². The fourth-order valence-corrected chi connectivity index (χ4v) is 5.14. The first-order valence-electron chi connectivity index (χ1n) is 10.7. The van der Waals surface area contributed by atoms with Gasteiger partial charge in [-0.1, -0.05) is 43.3 Å². The molecule has 1 aromatic heterocycles. The summed E-state index contributed by atoms with van der Waals surface area (Å²) >= 11 is 1.24. The van der Waals surface area contributed by atoms with Crippen molar-refractivity contribution < 1.29 is 18.4 Å². The Morgan fingerprint density at radius 3 is 2.67 bits per heavy atom. The zero-order chi connectivity index (χ0) is 23.5. The topological polar surface area (TPSA) is 67.2 Å². The van der Waals surface area contributed by atoms with Crippen molar-refractivity contribution in [2.75, 3.05) is 23.7 Å². The van der Waals surface area contributed by atoms with Gasteiger partial charge in [-0.25, -0.2) is 8.78 Å². The van der Waals surface area contributed by atoms with Crippen molar-refractivity contribution in [1.29, 1.82) is 0 Å². The molecule has 3 aromatic rings. The third-order valence-corrected chi connectivity index (χ3v) is 6.65. The molecule has 0 radical (unpaired) electrons. The van der Waals surface area contributed by atoms with E-state index in [2.05, 4.69) is 10.4 Å². The van der Waals surface area contributed by atoms with Crippen molar-refractivity contribution in [2.45, 2.75) is 18.6 Å². The maximum atomic E-state index is 14.9. The van der Waals surface area contributed by atoms with E-state index < -0.39 is 16.9 Å². The van der Waals surface area contributed by atoms with Crippen LogP contribution in [0.25, 0.3) is 11.3 Å². The van der Waals surface area contributed by atoms with Crippen LogP contribution in [0.3, 0.4) is 0 Å². The van der Waals surface area contributed by atoms with E-state index in [1.54, 1.807) is 11.7 Å². The minimum Gasteiger partial charge on any atom is -0.355 e. The minimum atomic E-state index is -0.692. The lowest BCUT2D eigenvalue weighted by Gasteiger charge is -2.22. The Balaban J connectivity index is 1.90. The molecule has 172 valence electrons. The number of carbonyl (C=O) groups excluding carboxylic acids is 2. The van der Waals surface area contributed by atoms with Crippen LogP contribution < -0.4 is 10.2 Å². The number of halogens is 2. The van der Waals surface area contributed by atoms with Gasteiger partial charge in [0.15, 0.2) is 0 Å². The van der Waals surface area contributed by atoms with Crippen molar-refractivity contribution in [3.63, 3.8) is 0 Å². The molecule has 0 saturated heterocycles. The molecule has 9 heteroatoms. The van der Waals surface area contributed by atoms with E-state index in [0.717, 1.165) is 18.1 Å². The van der Waals surface area contributed by atoms with E-state index in [-0.39, 0.29) is 29.7 Å². The molecule has 1 unspecified atom stereocenters. The van der Waals surface area contributed by atoms with Crippen LogP contribution in [-0.4, -0.2) is 40.4 Å². The highest BCUT2D eigenvalue weighted by molar-refractivity contribution is 8.00. The SMILES string of the molecule is CCCNC(=O)CN1C(=O)CSC(c2ccc(F)cc2F)c2c(-c3ccccc3)nn(C)c21. The van der Waals surface area contributed by atoms with Crippen molar-refractivity contribution in [3.05, 3.63) is 71.3 Å². The lowest BCUT2D eigenvalue weighted by Crippen LogP contribution is -2.42. The number of aryl methyl sites for hydroxylation is 1. The smallest absolute Gasteiger partial charge is 0.240 e. The lowest BCUT2D eigenvalue weighted by atomic mass is 9.99. The first-order chi connectivity index (χ1) is 15.9. The van der Waals surface area contributed by atoms with Crippen LogP contribution in [-0.2, 0) is 16.6 Å². The number of hydrogen-bond acceptors (Lipinski definition) is 4. The predicted octanol–water partition coefficient (Wildman–Crippen LogP) is 4.06. The van der Waals surface area contributed by atoms with Crippen molar-refractivity contribution in [1.82, 2.24) is 15.1 Å². The average Bonchev–Trinajstić information content (AvgIpc) is 3.07. The van der Waals surface area contributed by atoms with Crippen LogP contribution in [0.15, 0.2) is 48.5 Å². The minimum absolute atomic E-state index is 0.0332. The molecule has 33 heavy (non-hydrogen) atoms. The molecule has 4 rings (SSSR count). The van der Waals surface area contributed by atoms with Gasteiger partial charge in [-0.15, -0.1) is 11.8 Å². The van der Waals surface area contributed by atoms with Gasteiger partial charge >= 0.3 is 0 Å². The molecule has 0 aliphatic carbocycles. The van der Waals surface area contributed by atoms with Gasteiger partial charge < -0.3 is 5.32 Å². The fraction of sp³-hybridized carbons (Fsp3) is 0.292. The number of aromatic nitrogens is 2. The second kappa shape index (κ2) is 9.74. The van der Waals surface area contributed by atoms with Gasteiger partial charge in [0.2, 0.25) is 11.8 Å². The third-order valence-electron chi connectivity index (χ3n) is 5.41. The molecular weight excluding hydrogens is 446 g/mol. The van der Waals surface area contributed by atoms with Crippen LogP contribution in [0.2, 0.25) is 0 Å². The van der Waals surface area contributed by atoms with Gasteiger partial charge in [-0.2, -0.15) is 5.10 Å². The van der Waals surface area contributed by atoms with Crippen LogP contribution >= 0.6 is 11.8 Å². The highest BCUT2D eigenvalue weighted by Gasteiger charge is 2.37. The summed E-state index contributed by atoms with van der Waals surface area (Å²) in [5.41, 5.74) is 2.27. The van der Waals surface area contributed by atoms with Crippen LogP contribution in [0.1, 0.15) is 29.7 Å². The first-order valence-corrected chi connectivity index (χ1v) is 11.7. The molecule has 2 aromatic carbocycles. The molecule has 0 spiro atoms. The van der Waals surface area contributed by atoms with E-state index in [9.17, 15) is 18.4 Å². The number of benzene rings is 2. The highest BCUT2D eigenvalue weighted by atomic mass is 32.2. The largest absolute Gasteiger partial charge is 0.355 e. The van der Waals surface area contributed by atoms with Crippen molar-refractivity contribution in [3.8, 4) is 11.3 Å². The molecule has 0 saturated carbocycles. The summed E-state index contributed by atoms with van der Waals surface area (Å²) < 4.78 is 30.1. The Kier molecular flexibility index (Phi) is 6.78. The van der Waals surface area contributed by atoms with Gasteiger partial charge in [-0.3, -0.25) is 19.2 Å². The zero-order valence-corrected chi connectivity index (χ0v) is 19.2. The van der Waals surface area contributed by atoms with Gasteiger partial charge in [0.25, 0.3) is 0 Å². The lowest BCUT2D eigenvalue weighted by molar-refractivity contribution is -0.122. The Bertz CT molecular complexity index is 1180. The quantitative estimate of drug-likeness (QED) is 0.590. The van der Waals surface area contributed by atoms with Crippen LogP contribution in [0, 0.1) is 11.6 Å². The Morgan fingerprint density at radius 1 is 1.21 bits per heavy atom. The maximum absolute atomic E-state index is 14.9. The number of rotatable bonds is 6. The zero-order valence-electron chi connectivity index (χ0n) is 18.3. The average molecular weight is 471 g/mol. The fourth-order valence-electron chi connectivity index (χ4n) is 3.92. The summed E-state index contributed by atoms with van der Waals surface area (Å²) in [6.45, 7) is 2.28. The normalized spacial score (nSPS) is 15.8. The van der Waals surface area contributed by atoms with E-state index in [4.69, 9.17) is 0 Å². The molecule has 2 heterocycles. The van der Waals surface area contributed by atoms with Crippen molar-refractivity contribution >= 4 is 29.4 Å². The number of hydrogen-bond donors (Lipinski definition) is 1. The second-order valence-electron chi connectivity index (χ2n) is 7.76. The maximum Gasteiger partial charge on any atom is 0.240 e. The Hall–Kier alpha value is -3.20. The molecule has 6 nitrogen and oxygen atoms in total. The molecule has 2 amide bonds. The summed E-state index contributed by atoms with van der Waals surface area (Å²) in [4.78, 5) is 27.1. The molecule has 0 bridgehead atoms. The standard InChI is InChI=1S/C24H24F2N4O2S/c1-3-11-27-19(31)13-30-20(32)14-33-23(17-10-9-16(25)12-18(17)26)21-22(28-29(2)24(21)30)15-7-5-4-6-8-15/h4-10,12,23H,3,11,13-14H2,1-2H3,(H,27,31). The third kappa shape index (κ3) is 4.64. The van der Waals surface area contributed by atoms with E-state index in [0.29, 0.717) is 23.6 Å². The Morgan fingerprint density at radius 2 is 1.97 bits per heavy atom. The van der Waals surface area contributed by atoms with E-state index in [1.807, 2.05) is 37.3 Å². The molecule has 0 fully saturated rings. The van der Waals surface area contributed by atoms with Gasteiger partial charge in [0, 0.05) is 36.3 Å². The monoisotopic (exact) mass is 470 g/mol. The van der Waals surface area contributed by atoms with Crippen LogP contribution in [0.4, 0.5) is 14.6 Å². The molecule has 1 aliphatic heterocycles. The summed E-state index contributed by atoms with van der Waals surface area (Å²) in [7, 11) is 1.70. The van der Waals surface area contributed by atoms with Gasteiger partial charge in [0.05, 0.1) is 16.7 Å². The number of carbonyl (C=O) groups is 2. The van der Waals surface area contributed by atoms with E-state index >= 15 is 0 Å². The van der Waals surface area contributed by atoms with Crippen LogP contribution in [0.5, 0.6) is 0 Å². The Labute approximate surface area is 195 Å². The number of nitrogens with one attached hydrogen (secondary N) is 1. The molecule has 1 aliphatic rings. The number of amides is 2. The summed E-state index contributed by atoms with van der Waals surface area (Å²) in [6, 6.07) is 12.8. The van der Waals surface area contributed by atoms with E-state index in [1.165, 1.54) is 28.8 Å². The second-order valence-corrected chi connectivity index (χ2v) is 8.86.